The summed E-state index contributed by atoms with van der Waals surface area (Å²) in [4.78, 5) is 11.1. The molecule has 1 amide bonds. The first kappa shape index (κ1) is 26.1. The fraction of sp³-hybridized carbons (Fsp3) is 0.233. The van der Waals surface area contributed by atoms with E-state index in [0.717, 1.165) is 27.6 Å². The highest BCUT2D eigenvalue weighted by molar-refractivity contribution is 5.87. The lowest BCUT2D eigenvalue weighted by atomic mass is 10.0. The van der Waals surface area contributed by atoms with Crippen LogP contribution in [0.3, 0.4) is 0 Å². The number of nitrogens with one attached hydrogen (secondary N) is 1. The third-order valence-corrected chi connectivity index (χ3v) is 6.02. The molecule has 192 valence electrons. The molecule has 0 spiro atoms. The van der Waals surface area contributed by atoms with Gasteiger partial charge in [0.1, 0.15) is 11.5 Å². The predicted octanol–water partition coefficient (Wildman–Crippen LogP) is 6.88. The average molecular weight is 508 g/mol. The summed E-state index contributed by atoms with van der Waals surface area (Å²) >= 11 is 0. The average Bonchev–Trinajstić information content (AvgIpc) is 2.89. The van der Waals surface area contributed by atoms with Gasteiger partial charge in [0.05, 0.1) is 13.2 Å². The number of ether oxygens (including phenoxy) is 2. The number of fused-ring (bicyclic) bond motifs is 1. The minimum Gasteiger partial charge on any atom is -0.493 e. The van der Waals surface area contributed by atoms with Gasteiger partial charge in [0.2, 0.25) is 0 Å². The molecule has 1 N–H and O–H groups in total. The Bertz CT molecular complexity index is 1350. The molecule has 0 saturated heterocycles. The maximum atomic E-state index is 12.4. The second-order valence-corrected chi connectivity index (χ2v) is 8.69. The topological polar surface area (TPSA) is 47.6 Å². The van der Waals surface area contributed by atoms with Crippen LogP contribution in [0.25, 0.3) is 21.9 Å². The van der Waals surface area contributed by atoms with Crippen LogP contribution in [0.1, 0.15) is 17.5 Å². The fourth-order valence-corrected chi connectivity index (χ4v) is 4.10. The van der Waals surface area contributed by atoms with Gasteiger partial charge in [0, 0.05) is 13.0 Å². The Hall–Kier alpha value is -4.00. The van der Waals surface area contributed by atoms with E-state index in [1.807, 2.05) is 66.0 Å². The van der Waals surface area contributed by atoms with Crippen molar-refractivity contribution < 1.29 is 27.4 Å². The van der Waals surface area contributed by atoms with Crippen molar-refractivity contribution in [3.63, 3.8) is 0 Å². The Morgan fingerprint density at radius 3 is 2.27 bits per heavy atom. The van der Waals surface area contributed by atoms with Gasteiger partial charge < -0.3 is 14.8 Å². The second-order valence-electron chi connectivity index (χ2n) is 8.69. The van der Waals surface area contributed by atoms with Gasteiger partial charge in [0.15, 0.2) is 0 Å². The van der Waals surface area contributed by atoms with Crippen molar-refractivity contribution in [2.75, 3.05) is 19.8 Å². The standard InChI is InChI=1S/C30H28F3NO3/c1-21-6-2-3-9-27(21)24-10-13-25(14-11-24)36-18-5-19-37-26-15-12-22-7-4-8-23(28(22)20-26)16-17-34-29(35)30(31,32)33/h2-4,6-15,20H,5,16-19H2,1H3,(H,34,35). The monoisotopic (exact) mass is 507 g/mol. The van der Waals surface area contributed by atoms with Crippen molar-refractivity contribution in [1.82, 2.24) is 5.32 Å². The van der Waals surface area contributed by atoms with Crippen LogP contribution in [0.2, 0.25) is 0 Å². The summed E-state index contributed by atoms with van der Waals surface area (Å²) in [5.74, 6) is -0.464. The quantitative estimate of drug-likeness (QED) is 0.238. The zero-order valence-electron chi connectivity index (χ0n) is 20.5. The summed E-state index contributed by atoms with van der Waals surface area (Å²) < 4.78 is 49.0. The highest BCUT2D eigenvalue weighted by Crippen LogP contribution is 2.26. The number of halogens is 3. The van der Waals surface area contributed by atoms with Crippen LogP contribution in [-0.2, 0) is 11.2 Å². The molecule has 0 fully saturated rings. The van der Waals surface area contributed by atoms with E-state index in [4.69, 9.17) is 9.47 Å². The number of amides is 1. The minimum absolute atomic E-state index is 0.105. The van der Waals surface area contributed by atoms with Crippen LogP contribution in [0.5, 0.6) is 11.5 Å². The van der Waals surface area contributed by atoms with E-state index in [2.05, 4.69) is 31.2 Å². The van der Waals surface area contributed by atoms with E-state index in [9.17, 15) is 18.0 Å². The Morgan fingerprint density at radius 2 is 1.54 bits per heavy atom. The molecule has 4 aromatic carbocycles. The zero-order valence-corrected chi connectivity index (χ0v) is 20.5. The third kappa shape index (κ3) is 7.03. The summed E-state index contributed by atoms with van der Waals surface area (Å²) in [5.41, 5.74) is 4.41. The van der Waals surface area contributed by atoms with E-state index in [1.165, 1.54) is 11.1 Å². The van der Waals surface area contributed by atoms with Crippen molar-refractivity contribution in [3.8, 4) is 22.6 Å². The number of rotatable bonds is 10. The number of hydrogen-bond donors (Lipinski definition) is 1. The molecule has 37 heavy (non-hydrogen) atoms. The Labute approximate surface area is 214 Å². The normalized spacial score (nSPS) is 11.4. The summed E-state index contributed by atoms with van der Waals surface area (Å²) in [6.07, 6.45) is -3.92. The van der Waals surface area contributed by atoms with Gasteiger partial charge in [-0.15, -0.1) is 0 Å². The van der Waals surface area contributed by atoms with Gasteiger partial charge in [0.25, 0.3) is 0 Å². The maximum Gasteiger partial charge on any atom is 0.471 e. The molecule has 0 radical (unpaired) electrons. The molecule has 7 heteroatoms. The predicted molar refractivity (Wildman–Crippen MR) is 139 cm³/mol. The highest BCUT2D eigenvalue weighted by Gasteiger charge is 2.38. The van der Waals surface area contributed by atoms with Crippen molar-refractivity contribution in [2.24, 2.45) is 0 Å². The fourth-order valence-electron chi connectivity index (χ4n) is 4.10. The SMILES string of the molecule is Cc1ccccc1-c1ccc(OCCCOc2ccc3cccc(CCNC(=O)C(F)(F)F)c3c2)cc1. The largest absolute Gasteiger partial charge is 0.493 e. The van der Waals surface area contributed by atoms with Crippen molar-refractivity contribution in [2.45, 2.75) is 25.9 Å². The zero-order chi connectivity index (χ0) is 26.3. The Kier molecular flexibility index (Phi) is 8.33. The number of carbonyl (C=O) groups is 1. The molecule has 0 saturated carbocycles. The lowest BCUT2D eigenvalue weighted by molar-refractivity contribution is -0.173. The second kappa shape index (κ2) is 11.8. The molecule has 0 aromatic heterocycles. The van der Waals surface area contributed by atoms with Crippen LogP contribution in [-0.4, -0.2) is 31.8 Å². The van der Waals surface area contributed by atoms with Crippen LogP contribution in [0, 0.1) is 6.92 Å². The first-order valence-electron chi connectivity index (χ1n) is 12.1. The van der Waals surface area contributed by atoms with Crippen molar-refractivity contribution >= 4 is 16.7 Å². The van der Waals surface area contributed by atoms with Gasteiger partial charge in [-0.3, -0.25) is 4.79 Å². The van der Waals surface area contributed by atoms with Gasteiger partial charge in [-0.25, -0.2) is 0 Å². The Morgan fingerprint density at radius 1 is 0.838 bits per heavy atom. The molecular formula is C30H28F3NO3. The first-order chi connectivity index (χ1) is 17.8. The van der Waals surface area contributed by atoms with Crippen LogP contribution < -0.4 is 14.8 Å². The molecule has 0 atom stereocenters. The molecule has 4 aromatic rings. The molecule has 0 heterocycles. The molecule has 0 aliphatic carbocycles. The number of benzene rings is 4. The summed E-state index contributed by atoms with van der Waals surface area (Å²) in [5, 5.41) is 3.75. The van der Waals surface area contributed by atoms with Crippen molar-refractivity contribution in [3.05, 3.63) is 96.1 Å². The van der Waals surface area contributed by atoms with Gasteiger partial charge in [-0.05, 0) is 70.6 Å². The first-order valence-corrected chi connectivity index (χ1v) is 12.1. The third-order valence-electron chi connectivity index (χ3n) is 6.02. The molecule has 0 aliphatic heterocycles. The van der Waals surface area contributed by atoms with Crippen LogP contribution in [0.4, 0.5) is 13.2 Å². The summed E-state index contributed by atoms with van der Waals surface area (Å²) in [7, 11) is 0. The number of aryl methyl sites for hydroxylation is 1. The molecular weight excluding hydrogens is 479 g/mol. The van der Waals surface area contributed by atoms with E-state index in [1.54, 1.807) is 0 Å². The lowest BCUT2D eigenvalue weighted by Gasteiger charge is -2.12. The number of alkyl halides is 3. The summed E-state index contributed by atoms with van der Waals surface area (Å²) in [6, 6.07) is 27.5. The summed E-state index contributed by atoms with van der Waals surface area (Å²) in [6.45, 7) is 2.94. The van der Waals surface area contributed by atoms with E-state index in [0.29, 0.717) is 25.4 Å². The van der Waals surface area contributed by atoms with Gasteiger partial charge in [-0.2, -0.15) is 13.2 Å². The number of hydrogen-bond acceptors (Lipinski definition) is 3. The maximum absolute atomic E-state index is 12.4. The van der Waals surface area contributed by atoms with Crippen LogP contribution >= 0.6 is 0 Å². The highest BCUT2D eigenvalue weighted by atomic mass is 19.4. The van der Waals surface area contributed by atoms with Crippen LogP contribution in [0.15, 0.2) is 84.9 Å². The van der Waals surface area contributed by atoms with E-state index in [-0.39, 0.29) is 13.0 Å². The van der Waals surface area contributed by atoms with Gasteiger partial charge >= 0.3 is 12.1 Å². The molecule has 0 unspecified atom stereocenters. The molecule has 0 aliphatic rings. The Balaban J connectivity index is 1.26. The van der Waals surface area contributed by atoms with E-state index < -0.39 is 12.1 Å². The molecule has 4 nitrogen and oxygen atoms in total. The van der Waals surface area contributed by atoms with E-state index >= 15 is 0 Å². The molecule has 0 bridgehead atoms. The smallest absolute Gasteiger partial charge is 0.471 e. The number of carbonyl (C=O) groups excluding carboxylic acids is 1. The van der Waals surface area contributed by atoms with Gasteiger partial charge in [-0.1, -0.05) is 60.7 Å². The lowest BCUT2D eigenvalue weighted by Crippen LogP contribution is -2.37. The van der Waals surface area contributed by atoms with Crippen molar-refractivity contribution in [1.29, 1.82) is 0 Å². The molecule has 4 rings (SSSR count). The minimum atomic E-state index is -4.88.